The Morgan fingerprint density at radius 3 is 2.69 bits per heavy atom. The summed E-state index contributed by atoms with van der Waals surface area (Å²) in [6.45, 7) is 5.12. The fourth-order valence-electron chi connectivity index (χ4n) is 1.28. The van der Waals surface area contributed by atoms with E-state index in [0.717, 1.165) is 18.8 Å². The van der Waals surface area contributed by atoms with Gasteiger partial charge in [0.15, 0.2) is 4.33 Å². The van der Waals surface area contributed by atoms with Crippen LogP contribution in [0.4, 0.5) is 0 Å². The van der Waals surface area contributed by atoms with Gasteiger partial charge in [0, 0.05) is 24.1 Å². The van der Waals surface area contributed by atoms with E-state index in [1.807, 2.05) is 11.8 Å². The van der Waals surface area contributed by atoms with Gasteiger partial charge >= 0.3 is 0 Å². The number of carbonyl (C=O) groups excluding carboxylic acids is 1. The molecule has 2 nitrogen and oxygen atoms in total. The van der Waals surface area contributed by atoms with Crippen molar-refractivity contribution in [1.29, 1.82) is 0 Å². The molecule has 0 radical (unpaired) electrons. The second-order valence-electron chi connectivity index (χ2n) is 3.32. The van der Waals surface area contributed by atoms with Crippen molar-refractivity contribution < 1.29 is 4.79 Å². The highest BCUT2D eigenvalue weighted by molar-refractivity contribution is 7.99. The Bertz CT molecular complexity index is 205. The zero-order valence-electron chi connectivity index (χ0n) is 7.72. The summed E-state index contributed by atoms with van der Waals surface area (Å²) in [4.78, 5) is 13.4. The van der Waals surface area contributed by atoms with Crippen LogP contribution in [0.5, 0.6) is 0 Å². The predicted molar refractivity (Wildman–Crippen MR) is 58.6 cm³/mol. The minimum Gasteiger partial charge on any atom is -0.338 e. The van der Waals surface area contributed by atoms with Crippen molar-refractivity contribution >= 4 is 40.9 Å². The maximum absolute atomic E-state index is 11.6. The van der Waals surface area contributed by atoms with Crippen LogP contribution in [-0.4, -0.2) is 39.2 Å². The van der Waals surface area contributed by atoms with Gasteiger partial charge < -0.3 is 4.90 Å². The third-order valence-electron chi connectivity index (χ3n) is 1.90. The molecule has 1 amide bonds. The van der Waals surface area contributed by atoms with E-state index in [1.54, 1.807) is 4.90 Å². The lowest BCUT2D eigenvalue weighted by molar-refractivity contribution is -0.131. The summed E-state index contributed by atoms with van der Waals surface area (Å²) in [5, 5.41) is 0.480. The second-order valence-corrected chi connectivity index (χ2v) is 6.57. The molecule has 1 fully saturated rings. The zero-order valence-corrected chi connectivity index (χ0v) is 10.0. The number of alkyl halides is 2. The van der Waals surface area contributed by atoms with Crippen molar-refractivity contribution in [3.8, 4) is 0 Å². The fraction of sp³-hybridized carbons (Fsp3) is 0.875. The normalized spacial score (nSPS) is 24.6. The molecule has 0 aromatic heterocycles. The molecular formula is C8H13Cl2NOS. The second kappa shape index (κ2) is 4.28. The molecule has 0 saturated carbocycles. The molecule has 0 spiro atoms. The number of hydrogen-bond donors (Lipinski definition) is 0. The molecule has 1 aliphatic heterocycles. The summed E-state index contributed by atoms with van der Waals surface area (Å²) in [6, 6.07) is 0. The quantitative estimate of drug-likeness (QED) is 0.656. The Labute approximate surface area is 92.9 Å². The van der Waals surface area contributed by atoms with Crippen LogP contribution < -0.4 is 0 Å². The SMILES string of the molecule is CC1CN(C(=O)C(C)(Cl)Cl)CCS1. The summed E-state index contributed by atoms with van der Waals surface area (Å²) in [6.07, 6.45) is 0. The number of thioether (sulfide) groups is 1. The minimum atomic E-state index is -1.28. The Hall–Kier alpha value is 0.400. The third-order valence-corrected chi connectivity index (χ3v) is 3.36. The molecule has 0 N–H and O–H groups in total. The lowest BCUT2D eigenvalue weighted by Gasteiger charge is -2.33. The first-order chi connectivity index (χ1) is 5.91. The van der Waals surface area contributed by atoms with Gasteiger partial charge in [-0.2, -0.15) is 11.8 Å². The molecule has 76 valence electrons. The molecule has 1 rings (SSSR count). The predicted octanol–water partition coefficient (Wildman–Crippen LogP) is 2.14. The average Bonchev–Trinajstić information content (AvgIpc) is 2.01. The van der Waals surface area contributed by atoms with Crippen molar-refractivity contribution in [1.82, 2.24) is 4.90 Å². The Kier molecular flexibility index (Phi) is 3.78. The van der Waals surface area contributed by atoms with Crippen molar-refractivity contribution in [2.75, 3.05) is 18.8 Å². The van der Waals surface area contributed by atoms with Crippen LogP contribution in [0.25, 0.3) is 0 Å². The van der Waals surface area contributed by atoms with E-state index >= 15 is 0 Å². The van der Waals surface area contributed by atoms with Gasteiger partial charge in [-0.05, 0) is 6.92 Å². The monoisotopic (exact) mass is 241 g/mol. The third kappa shape index (κ3) is 3.22. The first kappa shape index (κ1) is 11.5. The first-order valence-corrected chi connectivity index (χ1v) is 6.00. The molecule has 0 aromatic rings. The van der Waals surface area contributed by atoms with E-state index < -0.39 is 4.33 Å². The highest BCUT2D eigenvalue weighted by Crippen LogP contribution is 2.26. The summed E-state index contributed by atoms with van der Waals surface area (Å²) in [7, 11) is 0. The molecule has 1 heterocycles. The van der Waals surface area contributed by atoms with Crippen LogP contribution in [0.2, 0.25) is 0 Å². The Balaban J connectivity index is 2.56. The van der Waals surface area contributed by atoms with Crippen LogP contribution in [-0.2, 0) is 4.79 Å². The number of halogens is 2. The molecule has 13 heavy (non-hydrogen) atoms. The Morgan fingerprint density at radius 2 is 2.23 bits per heavy atom. The molecule has 0 aliphatic carbocycles. The molecule has 1 aliphatic rings. The van der Waals surface area contributed by atoms with Crippen molar-refractivity contribution in [2.45, 2.75) is 23.4 Å². The van der Waals surface area contributed by atoms with Crippen molar-refractivity contribution in [3.05, 3.63) is 0 Å². The number of carbonyl (C=O) groups is 1. The molecule has 0 aromatic carbocycles. The standard InChI is InChI=1S/C8H13Cl2NOS/c1-6-5-11(3-4-13-6)7(12)8(2,9)10/h6H,3-5H2,1-2H3. The van der Waals surface area contributed by atoms with Crippen LogP contribution in [0.15, 0.2) is 0 Å². The molecular weight excluding hydrogens is 229 g/mol. The van der Waals surface area contributed by atoms with Gasteiger partial charge in [-0.1, -0.05) is 30.1 Å². The molecule has 1 atom stereocenters. The molecule has 0 bridgehead atoms. The lowest BCUT2D eigenvalue weighted by atomic mass is 10.3. The summed E-state index contributed by atoms with van der Waals surface area (Å²) in [5.74, 6) is 0.791. The van der Waals surface area contributed by atoms with Crippen LogP contribution >= 0.6 is 35.0 Å². The Morgan fingerprint density at radius 1 is 1.62 bits per heavy atom. The maximum atomic E-state index is 11.6. The van der Waals surface area contributed by atoms with Crippen LogP contribution in [0.3, 0.4) is 0 Å². The van der Waals surface area contributed by atoms with E-state index in [9.17, 15) is 4.79 Å². The average molecular weight is 242 g/mol. The molecule has 1 saturated heterocycles. The van der Waals surface area contributed by atoms with Crippen LogP contribution in [0, 0.1) is 0 Å². The zero-order chi connectivity index (χ0) is 10.1. The minimum absolute atomic E-state index is 0.178. The highest BCUT2D eigenvalue weighted by atomic mass is 35.5. The smallest absolute Gasteiger partial charge is 0.258 e. The van der Waals surface area contributed by atoms with E-state index in [0.29, 0.717) is 5.25 Å². The summed E-state index contributed by atoms with van der Waals surface area (Å²) < 4.78 is -1.28. The van der Waals surface area contributed by atoms with Gasteiger partial charge in [0.2, 0.25) is 0 Å². The number of rotatable bonds is 1. The summed E-state index contributed by atoms with van der Waals surface area (Å²) in [5.41, 5.74) is 0. The lowest BCUT2D eigenvalue weighted by Crippen LogP contribution is -2.46. The van der Waals surface area contributed by atoms with E-state index in [4.69, 9.17) is 23.2 Å². The maximum Gasteiger partial charge on any atom is 0.258 e. The largest absolute Gasteiger partial charge is 0.338 e. The first-order valence-electron chi connectivity index (χ1n) is 4.20. The van der Waals surface area contributed by atoms with E-state index in [1.165, 1.54) is 6.92 Å². The van der Waals surface area contributed by atoms with Gasteiger partial charge in [-0.3, -0.25) is 4.79 Å². The number of nitrogens with zero attached hydrogens (tertiary/aromatic N) is 1. The highest BCUT2D eigenvalue weighted by Gasteiger charge is 2.34. The van der Waals surface area contributed by atoms with Crippen molar-refractivity contribution in [2.24, 2.45) is 0 Å². The molecule has 1 unspecified atom stereocenters. The topological polar surface area (TPSA) is 20.3 Å². The number of amides is 1. The van der Waals surface area contributed by atoms with Gasteiger partial charge in [0.05, 0.1) is 0 Å². The van der Waals surface area contributed by atoms with Crippen LogP contribution in [0.1, 0.15) is 13.8 Å². The van der Waals surface area contributed by atoms with E-state index in [2.05, 4.69) is 6.92 Å². The molecule has 5 heteroatoms. The number of hydrogen-bond acceptors (Lipinski definition) is 2. The van der Waals surface area contributed by atoms with Gasteiger partial charge in [0.1, 0.15) is 0 Å². The van der Waals surface area contributed by atoms with Gasteiger partial charge in [-0.15, -0.1) is 0 Å². The van der Waals surface area contributed by atoms with E-state index in [-0.39, 0.29) is 5.91 Å². The summed E-state index contributed by atoms with van der Waals surface area (Å²) >= 11 is 13.3. The fourth-order valence-corrected chi connectivity index (χ4v) is 2.53. The van der Waals surface area contributed by atoms with Crippen molar-refractivity contribution in [3.63, 3.8) is 0 Å². The van der Waals surface area contributed by atoms with Gasteiger partial charge in [-0.25, -0.2) is 0 Å². The van der Waals surface area contributed by atoms with Gasteiger partial charge in [0.25, 0.3) is 5.91 Å².